The van der Waals surface area contributed by atoms with E-state index in [0.29, 0.717) is 33.1 Å². The molecule has 0 bridgehead atoms. The van der Waals surface area contributed by atoms with Gasteiger partial charge in [-0.05, 0) is 35.9 Å². The Bertz CT molecular complexity index is 1220. The standard InChI is InChI=1S/C22H17ClN2O3S/c1-25-19-10-6-5-9-18(19)20(15-7-3-2-4-8-15)21(29(25,27)28)22(26)24-17-13-11-16(23)12-14-17/h2-14H,1H3,(H,24,26). The summed E-state index contributed by atoms with van der Waals surface area (Å²) in [5.74, 6) is -0.701. The van der Waals surface area contributed by atoms with Crippen molar-refractivity contribution < 1.29 is 13.2 Å². The third kappa shape index (κ3) is 3.41. The molecular formula is C22H17ClN2O3S. The Labute approximate surface area is 174 Å². The molecular weight excluding hydrogens is 408 g/mol. The molecule has 4 rings (SSSR count). The summed E-state index contributed by atoms with van der Waals surface area (Å²) in [7, 11) is -2.62. The number of amides is 1. The number of fused-ring (bicyclic) bond motifs is 1. The van der Waals surface area contributed by atoms with E-state index in [-0.39, 0.29) is 4.91 Å². The van der Waals surface area contributed by atoms with Crippen LogP contribution in [0.1, 0.15) is 11.1 Å². The summed E-state index contributed by atoms with van der Waals surface area (Å²) in [6.07, 6.45) is 0. The van der Waals surface area contributed by atoms with Gasteiger partial charge >= 0.3 is 0 Å². The Kier molecular flexibility index (Phi) is 4.90. The lowest BCUT2D eigenvalue weighted by atomic mass is 9.95. The van der Waals surface area contributed by atoms with Crippen molar-refractivity contribution in [3.63, 3.8) is 0 Å². The van der Waals surface area contributed by atoms with Crippen molar-refractivity contribution in [2.45, 2.75) is 0 Å². The number of carbonyl (C=O) groups excluding carboxylic acids is 1. The molecule has 7 heteroatoms. The van der Waals surface area contributed by atoms with Crippen LogP contribution >= 0.6 is 11.6 Å². The lowest BCUT2D eigenvalue weighted by molar-refractivity contribution is -0.112. The predicted octanol–water partition coefficient (Wildman–Crippen LogP) is 4.52. The first kappa shape index (κ1) is 19.2. The average Bonchev–Trinajstić information content (AvgIpc) is 2.73. The van der Waals surface area contributed by atoms with E-state index in [1.165, 1.54) is 7.05 Å². The molecule has 0 fully saturated rings. The molecule has 0 saturated heterocycles. The number of sulfonamides is 1. The summed E-state index contributed by atoms with van der Waals surface area (Å²) in [5.41, 5.74) is 2.69. The van der Waals surface area contributed by atoms with Crippen LogP contribution in [0.4, 0.5) is 11.4 Å². The number of hydrogen-bond acceptors (Lipinski definition) is 3. The highest BCUT2D eigenvalue weighted by Gasteiger charge is 2.39. The largest absolute Gasteiger partial charge is 0.321 e. The number of para-hydroxylation sites is 1. The highest BCUT2D eigenvalue weighted by Crippen LogP contribution is 2.42. The number of halogens is 1. The molecule has 146 valence electrons. The third-order valence-electron chi connectivity index (χ3n) is 4.73. The summed E-state index contributed by atoms with van der Waals surface area (Å²) in [6.45, 7) is 0. The molecule has 0 unspecified atom stereocenters. The van der Waals surface area contributed by atoms with Crippen LogP contribution in [-0.4, -0.2) is 21.4 Å². The Morgan fingerprint density at radius 1 is 0.897 bits per heavy atom. The fraction of sp³-hybridized carbons (Fsp3) is 0.0455. The number of hydrogen-bond donors (Lipinski definition) is 1. The topological polar surface area (TPSA) is 66.5 Å². The molecule has 0 saturated carbocycles. The van der Waals surface area contributed by atoms with Gasteiger partial charge in [0.15, 0.2) is 4.91 Å². The van der Waals surface area contributed by atoms with Crippen LogP contribution in [0.25, 0.3) is 5.57 Å². The summed E-state index contributed by atoms with van der Waals surface area (Å²) in [4.78, 5) is 12.9. The van der Waals surface area contributed by atoms with Crippen molar-refractivity contribution in [1.82, 2.24) is 0 Å². The molecule has 3 aromatic rings. The molecule has 0 radical (unpaired) electrons. The van der Waals surface area contributed by atoms with Gasteiger partial charge in [0.1, 0.15) is 0 Å². The molecule has 5 nitrogen and oxygen atoms in total. The summed E-state index contributed by atoms with van der Waals surface area (Å²) in [5, 5.41) is 3.20. The van der Waals surface area contributed by atoms with Crippen molar-refractivity contribution in [2.75, 3.05) is 16.7 Å². The molecule has 1 amide bonds. The third-order valence-corrected chi connectivity index (χ3v) is 6.80. The number of rotatable bonds is 3. The van der Waals surface area contributed by atoms with Gasteiger partial charge in [0.25, 0.3) is 15.9 Å². The van der Waals surface area contributed by atoms with E-state index < -0.39 is 15.9 Å². The second-order valence-electron chi connectivity index (χ2n) is 6.52. The number of anilines is 2. The van der Waals surface area contributed by atoms with E-state index in [4.69, 9.17) is 11.6 Å². The normalized spacial score (nSPS) is 15.0. The Morgan fingerprint density at radius 3 is 2.21 bits per heavy atom. The van der Waals surface area contributed by atoms with E-state index in [1.54, 1.807) is 48.5 Å². The van der Waals surface area contributed by atoms with Crippen molar-refractivity contribution in [3.8, 4) is 0 Å². The highest BCUT2D eigenvalue weighted by molar-refractivity contribution is 7.97. The Hall–Kier alpha value is -3.09. The number of nitrogens with one attached hydrogen (secondary N) is 1. The summed E-state index contributed by atoms with van der Waals surface area (Å²) in [6, 6.07) is 22.7. The number of benzene rings is 3. The van der Waals surface area contributed by atoms with Gasteiger partial charge in [0, 0.05) is 28.9 Å². The molecule has 3 aromatic carbocycles. The number of carbonyl (C=O) groups is 1. The van der Waals surface area contributed by atoms with Crippen LogP contribution in [0.3, 0.4) is 0 Å². The minimum atomic E-state index is -4.07. The predicted molar refractivity (Wildman–Crippen MR) is 116 cm³/mol. The van der Waals surface area contributed by atoms with Gasteiger partial charge in [-0.1, -0.05) is 60.1 Å². The molecule has 1 N–H and O–H groups in total. The minimum absolute atomic E-state index is 0.292. The van der Waals surface area contributed by atoms with Gasteiger partial charge in [-0.2, -0.15) is 0 Å². The van der Waals surface area contributed by atoms with Crippen LogP contribution in [0.2, 0.25) is 5.02 Å². The van der Waals surface area contributed by atoms with Crippen molar-refractivity contribution in [1.29, 1.82) is 0 Å². The molecule has 0 atom stereocenters. The van der Waals surface area contributed by atoms with E-state index >= 15 is 0 Å². The molecule has 29 heavy (non-hydrogen) atoms. The lowest BCUT2D eigenvalue weighted by Crippen LogP contribution is -2.37. The fourth-order valence-electron chi connectivity index (χ4n) is 3.32. The van der Waals surface area contributed by atoms with Crippen molar-refractivity contribution in [2.24, 2.45) is 0 Å². The summed E-state index contributed by atoms with van der Waals surface area (Å²) >= 11 is 5.90. The van der Waals surface area contributed by atoms with Crippen LogP contribution in [-0.2, 0) is 14.8 Å². The fourth-order valence-corrected chi connectivity index (χ4v) is 4.91. The molecule has 0 aliphatic carbocycles. The van der Waals surface area contributed by atoms with Gasteiger partial charge in [-0.25, -0.2) is 8.42 Å². The zero-order chi connectivity index (χ0) is 20.6. The lowest BCUT2D eigenvalue weighted by Gasteiger charge is -2.30. The zero-order valence-corrected chi connectivity index (χ0v) is 17.0. The molecule has 1 heterocycles. The second-order valence-corrected chi connectivity index (χ2v) is 8.86. The maximum atomic E-state index is 13.3. The Balaban J connectivity index is 1.95. The first-order valence-corrected chi connectivity index (χ1v) is 10.7. The molecule has 0 aromatic heterocycles. The van der Waals surface area contributed by atoms with Crippen LogP contribution in [0.5, 0.6) is 0 Å². The van der Waals surface area contributed by atoms with Crippen LogP contribution in [0, 0.1) is 0 Å². The average molecular weight is 425 g/mol. The number of nitrogens with zero attached hydrogens (tertiary/aromatic N) is 1. The van der Waals surface area contributed by atoms with Crippen LogP contribution < -0.4 is 9.62 Å². The van der Waals surface area contributed by atoms with Gasteiger partial charge in [-0.15, -0.1) is 0 Å². The van der Waals surface area contributed by atoms with Crippen molar-refractivity contribution in [3.05, 3.63) is 99.9 Å². The smallest absolute Gasteiger partial charge is 0.270 e. The molecule has 0 spiro atoms. The van der Waals surface area contributed by atoms with E-state index in [1.807, 2.05) is 30.3 Å². The maximum absolute atomic E-state index is 13.3. The van der Waals surface area contributed by atoms with Crippen molar-refractivity contribution >= 4 is 44.5 Å². The van der Waals surface area contributed by atoms with Gasteiger partial charge in [-0.3, -0.25) is 9.10 Å². The second kappa shape index (κ2) is 7.39. The first-order valence-electron chi connectivity index (χ1n) is 8.84. The van der Waals surface area contributed by atoms with Gasteiger partial charge < -0.3 is 5.32 Å². The maximum Gasteiger partial charge on any atom is 0.270 e. The quantitative estimate of drug-likeness (QED) is 0.672. The summed E-state index contributed by atoms with van der Waals surface area (Å²) < 4.78 is 27.8. The SMILES string of the molecule is CN1c2ccccc2C(c2ccccc2)=C(C(=O)Nc2ccc(Cl)cc2)S1(=O)=O. The van der Waals surface area contributed by atoms with Gasteiger partial charge in [0.05, 0.1) is 5.69 Å². The highest BCUT2D eigenvalue weighted by atomic mass is 35.5. The van der Waals surface area contributed by atoms with Crippen LogP contribution in [0.15, 0.2) is 83.8 Å². The first-order chi connectivity index (χ1) is 13.9. The van der Waals surface area contributed by atoms with E-state index in [9.17, 15) is 13.2 Å². The van der Waals surface area contributed by atoms with Gasteiger partial charge in [0.2, 0.25) is 0 Å². The Morgan fingerprint density at radius 2 is 1.52 bits per heavy atom. The van der Waals surface area contributed by atoms with E-state index in [2.05, 4.69) is 5.32 Å². The van der Waals surface area contributed by atoms with E-state index in [0.717, 1.165) is 4.31 Å². The molecule has 1 aliphatic heterocycles. The zero-order valence-electron chi connectivity index (χ0n) is 15.5. The minimum Gasteiger partial charge on any atom is -0.321 e. The molecule has 1 aliphatic rings. The monoisotopic (exact) mass is 424 g/mol.